The van der Waals surface area contributed by atoms with Gasteiger partial charge in [0.05, 0.1) is 6.20 Å². The summed E-state index contributed by atoms with van der Waals surface area (Å²) in [4.78, 5) is 0. The molecule has 1 aromatic rings. The molecule has 0 fully saturated rings. The molecule has 0 aromatic carbocycles. The molecule has 17 heavy (non-hydrogen) atoms. The first-order valence-corrected chi connectivity index (χ1v) is 6.40. The van der Waals surface area contributed by atoms with Crippen LogP contribution < -0.4 is 5.73 Å². The van der Waals surface area contributed by atoms with Crippen LogP contribution in [0.2, 0.25) is 0 Å². The summed E-state index contributed by atoms with van der Waals surface area (Å²) in [5.41, 5.74) is 7.19. The highest BCUT2D eigenvalue weighted by Gasteiger charge is 2.20. The highest BCUT2D eigenvalue weighted by Crippen LogP contribution is 2.22. The van der Waals surface area contributed by atoms with Gasteiger partial charge in [0.1, 0.15) is 6.10 Å². The van der Waals surface area contributed by atoms with Crippen LogP contribution >= 0.6 is 0 Å². The number of nitrogens with two attached hydrogens (primary N) is 1. The van der Waals surface area contributed by atoms with Crippen molar-refractivity contribution in [1.82, 2.24) is 9.78 Å². The topological polar surface area (TPSA) is 53.1 Å². The molecule has 4 heteroatoms. The van der Waals surface area contributed by atoms with Crippen molar-refractivity contribution >= 4 is 0 Å². The molecule has 0 saturated heterocycles. The molecule has 98 valence electrons. The van der Waals surface area contributed by atoms with Crippen LogP contribution in [0, 0.1) is 5.92 Å². The van der Waals surface area contributed by atoms with Crippen molar-refractivity contribution in [3.05, 3.63) is 18.0 Å². The van der Waals surface area contributed by atoms with Crippen molar-refractivity contribution in [1.29, 1.82) is 0 Å². The van der Waals surface area contributed by atoms with E-state index in [0.29, 0.717) is 5.92 Å². The first-order chi connectivity index (χ1) is 8.04. The summed E-state index contributed by atoms with van der Waals surface area (Å²) < 4.78 is 7.71. The van der Waals surface area contributed by atoms with E-state index in [0.717, 1.165) is 25.0 Å². The van der Waals surface area contributed by atoms with E-state index in [9.17, 15) is 0 Å². The summed E-state index contributed by atoms with van der Waals surface area (Å²) in [7, 11) is 1.91. The Balaban J connectivity index is 2.61. The van der Waals surface area contributed by atoms with Crippen LogP contribution in [0.15, 0.2) is 12.4 Å². The average molecular weight is 239 g/mol. The lowest BCUT2D eigenvalue weighted by Crippen LogP contribution is -2.29. The molecular weight excluding hydrogens is 214 g/mol. The second-order valence-electron chi connectivity index (χ2n) is 4.99. The van der Waals surface area contributed by atoms with Crippen LogP contribution in [0.4, 0.5) is 0 Å². The standard InChI is InChI=1S/C13H25N3O/c1-5-12(14)13(17-7-6-10(2)3)11-8-15-16(4)9-11/h8-10,12-13H,5-7,14H2,1-4H3. The summed E-state index contributed by atoms with van der Waals surface area (Å²) in [6, 6.07) is 0.0337. The van der Waals surface area contributed by atoms with Gasteiger partial charge < -0.3 is 10.5 Å². The van der Waals surface area contributed by atoms with E-state index in [1.807, 2.05) is 19.4 Å². The van der Waals surface area contributed by atoms with Crippen molar-refractivity contribution < 1.29 is 4.74 Å². The van der Waals surface area contributed by atoms with Gasteiger partial charge in [0.25, 0.3) is 0 Å². The molecule has 2 N–H and O–H groups in total. The fourth-order valence-corrected chi connectivity index (χ4v) is 1.70. The molecule has 1 aromatic heterocycles. The number of rotatable bonds is 7. The average Bonchev–Trinajstić information content (AvgIpc) is 2.69. The van der Waals surface area contributed by atoms with Crippen molar-refractivity contribution in [3.63, 3.8) is 0 Å². The monoisotopic (exact) mass is 239 g/mol. The van der Waals surface area contributed by atoms with E-state index in [1.54, 1.807) is 4.68 Å². The maximum absolute atomic E-state index is 6.11. The summed E-state index contributed by atoms with van der Waals surface area (Å²) >= 11 is 0. The maximum Gasteiger partial charge on any atom is 0.101 e. The highest BCUT2D eigenvalue weighted by atomic mass is 16.5. The number of ether oxygens (including phenoxy) is 1. The number of hydrogen-bond acceptors (Lipinski definition) is 3. The molecular formula is C13H25N3O. The van der Waals surface area contributed by atoms with Gasteiger partial charge in [-0.05, 0) is 18.8 Å². The van der Waals surface area contributed by atoms with E-state index < -0.39 is 0 Å². The quantitative estimate of drug-likeness (QED) is 0.794. The summed E-state index contributed by atoms with van der Waals surface area (Å²) in [5.74, 6) is 0.655. The minimum atomic E-state index is -0.0348. The van der Waals surface area contributed by atoms with Crippen LogP contribution in [0.3, 0.4) is 0 Å². The normalized spacial score (nSPS) is 15.2. The number of hydrogen-bond donors (Lipinski definition) is 1. The van der Waals surface area contributed by atoms with Gasteiger partial charge in [-0.15, -0.1) is 0 Å². The Hall–Kier alpha value is -0.870. The molecule has 0 spiro atoms. The van der Waals surface area contributed by atoms with Crippen LogP contribution in [-0.4, -0.2) is 22.4 Å². The smallest absolute Gasteiger partial charge is 0.101 e. The molecule has 2 unspecified atom stereocenters. The number of aryl methyl sites for hydroxylation is 1. The number of aromatic nitrogens is 2. The van der Waals surface area contributed by atoms with Crippen LogP contribution in [-0.2, 0) is 11.8 Å². The Labute approximate surface area is 104 Å². The maximum atomic E-state index is 6.11. The highest BCUT2D eigenvalue weighted by molar-refractivity contribution is 5.10. The molecule has 0 aliphatic rings. The van der Waals surface area contributed by atoms with Gasteiger partial charge in [-0.3, -0.25) is 4.68 Å². The molecule has 4 nitrogen and oxygen atoms in total. The van der Waals surface area contributed by atoms with E-state index in [2.05, 4.69) is 25.9 Å². The van der Waals surface area contributed by atoms with Gasteiger partial charge >= 0.3 is 0 Å². The minimum absolute atomic E-state index is 0.0337. The summed E-state index contributed by atoms with van der Waals surface area (Å²) in [5, 5.41) is 4.18. The minimum Gasteiger partial charge on any atom is -0.372 e. The van der Waals surface area contributed by atoms with Crippen LogP contribution in [0.5, 0.6) is 0 Å². The van der Waals surface area contributed by atoms with Crippen LogP contribution in [0.1, 0.15) is 45.3 Å². The van der Waals surface area contributed by atoms with Gasteiger partial charge in [0.15, 0.2) is 0 Å². The predicted octanol–water partition coefficient (Wildman–Crippen LogP) is 2.26. The van der Waals surface area contributed by atoms with Crippen molar-refractivity contribution in [2.24, 2.45) is 18.7 Å². The van der Waals surface area contributed by atoms with Crippen molar-refractivity contribution in [3.8, 4) is 0 Å². The summed E-state index contributed by atoms with van der Waals surface area (Å²) in [6.45, 7) is 7.23. The molecule has 0 aliphatic carbocycles. The van der Waals surface area contributed by atoms with Crippen LogP contribution in [0.25, 0.3) is 0 Å². The zero-order valence-corrected chi connectivity index (χ0v) is 11.4. The molecule has 0 aliphatic heterocycles. The SMILES string of the molecule is CCC(N)C(OCCC(C)C)c1cnn(C)c1. The molecule has 1 rings (SSSR count). The Bertz CT molecular complexity index is 322. The van der Waals surface area contributed by atoms with Gasteiger partial charge in [-0.2, -0.15) is 5.10 Å². The lowest BCUT2D eigenvalue weighted by molar-refractivity contribution is 0.0275. The Morgan fingerprint density at radius 1 is 1.47 bits per heavy atom. The van der Waals surface area contributed by atoms with Gasteiger partial charge in [0, 0.05) is 31.5 Å². The third-order valence-corrected chi connectivity index (χ3v) is 2.91. The third kappa shape index (κ3) is 4.48. The third-order valence-electron chi connectivity index (χ3n) is 2.91. The fourth-order valence-electron chi connectivity index (χ4n) is 1.70. The van der Waals surface area contributed by atoms with E-state index in [-0.39, 0.29) is 12.1 Å². The van der Waals surface area contributed by atoms with Crippen molar-refractivity contribution in [2.45, 2.75) is 45.8 Å². The molecule has 2 atom stereocenters. The number of nitrogens with zero attached hydrogens (tertiary/aromatic N) is 2. The van der Waals surface area contributed by atoms with E-state index in [1.165, 1.54) is 0 Å². The molecule has 0 radical (unpaired) electrons. The molecule has 0 bridgehead atoms. The van der Waals surface area contributed by atoms with Gasteiger partial charge in [-0.25, -0.2) is 0 Å². The molecule has 0 amide bonds. The first-order valence-electron chi connectivity index (χ1n) is 6.40. The zero-order chi connectivity index (χ0) is 12.8. The van der Waals surface area contributed by atoms with Gasteiger partial charge in [-0.1, -0.05) is 20.8 Å². The predicted molar refractivity (Wildman–Crippen MR) is 69.6 cm³/mol. The molecule has 0 saturated carbocycles. The zero-order valence-electron chi connectivity index (χ0n) is 11.4. The van der Waals surface area contributed by atoms with E-state index in [4.69, 9.17) is 10.5 Å². The second-order valence-corrected chi connectivity index (χ2v) is 4.99. The second kappa shape index (κ2) is 6.77. The Morgan fingerprint density at radius 2 is 2.18 bits per heavy atom. The van der Waals surface area contributed by atoms with E-state index >= 15 is 0 Å². The lowest BCUT2D eigenvalue weighted by atomic mass is 10.0. The van der Waals surface area contributed by atoms with Crippen molar-refractivity contribution in [2.75, 3.05) is 6.61 Å². The summed E-state index contributed by atoms with van der Waals surface area (Å²) in [6.07, 6.45) is 5.76. The largest absolute Gasteiger partial charge is 0.372 e. The first kappa shape index (κ1) is 14.2. The Kier molecular flexibility index (Phi) is 5.65. The molecule has 1 heterocycles. The Morgan fingerprint density at radius 3 is 2.65 bits per heavy atom. The lowest BCUT2D eigenvalue weighted by Gasteiger charge is -2.22. The fraction of sp³-hybridized carbons (Fsp3) is 0.769. The van der Waals surface area contributed by atoms with Gasteiger partial charge in [0.2, 0.25) is 0 Å².